The number of non-ortho nitro benzene ring substituents is 1. The molecule has 2 aliphatic heterocycles. The molecule has 0 aliphatic carbocycles. The molecule has 1 aromatic carbocycles. The summed E-state index contributed by atoms with van der Waals surface area (Å²) in [7, 11) is 3.72. The molecule has 0 spiro atoms. The number of likely N-dealkylation sites (N-methyl/N-ethyl adjacent to an activating group) is 1. The van der Waals surface area contributed by atoms with Crippen LogP contribution in [0, 0.1) is 10.1 Å². The van der Waals surface area contributed by atoms with Gasteiger partial charge in [-0.2, -0.15) is 0 Å². The molecule has 0 N–H and O–H groups in total. The third-order valence-corrected chi connectivity index (χ3v) is 5.35. The molecule has 0 unspecified atom stereocenters. The first-order valence-corrected chi connectivity index (χ1v) is 9.16. The van der Waals surface area contributed by atoms with Gasteiger partial charge in [0.25, 0.3) is 5.69 Å². The molecule has 0 amide bonds. The number of hydrogen-bond acceptors (Lipinski definition) is 7. The number of anilines is 1. The number of ether oxygens (including phenoxy) is 2. The first kappa shape index (κ1) is 18.9. The summed E-state index contributed by atoms with van der Waals surface area (Å²) >= 11 is 0. The number of piperidine rings is 1. The summed E-state index contributed by atoms with van der Waals surface area (Å²) in [4.78, 5) is 17.9. The number of rotatable bonds is 6. The van der Waals surface area contributed by atoms with E-state index in [1.165, 1.54) is 6.07 Å². The van der Waals surface area contributed by atoms with Gasteiger partial charge in [0, 0.05) is 58.5 Å². The van der Waals surface area contributed by atoms with Crippen LogP contribution in [0.5, 0.6) is 5.75 Å². The lowest BCUT2D eigenvalue weighted by molar-refractivity contribution is -0.384. The maximum atomic E-state index is 11.1. The van der Waals surface area contributed by atoms with Crippen molar-refractivity contribution in [2.75, 3.05) is 65.1 Å². The summed E-state index contributed by atoms with van der Waals surface area (Å²) in [5.74, 6) is 0.513. The van der Waals surface area contributed by atoms with E-state index in [1.807, 2.05) is 0 Å². The second-order valence-electron chi connectivity index (χ2n) is 7.02. The summed E-state index contributed by atoms with van der Waals surface area (Å²) in [6.45, 7) is 6.49. The van der Waals surface area contributed by atoms with E-state index < -0.39 is 4.92 Å². The highest BCUT2D eigenvalue weighted by molar-refractivity contribution is 5.62. The molecule has 8 heteroatoms. The topological polar surface area (TPSA) is 71.3 Å². The number of nitro groups is 1. The molecular weight excluding hydrogens is 336 g/mol. The Morgan fingerprint density at radius 1 is 1.15 bits per heavy atom. The molecule has 2 saturated heterocycles. The predicted octanol–water partition coefficient (Wildman–Crippen LogP) is 1.79. The van der Waals surface area contributed by atoms with Crippen molar-refractivity contribution >= 4 is 11.4 Å². The van der Waals surface area contributed by atoms with Crippen molar-refractivity contribution < 1.29 is 14.4 Å². The van der Waals surface area contributed by atoms with Crippen LogP contribution in [0.1, 0.15) is 12.8 Å². The van der Waals surface area contributed by atoms with E-state index in [2.05, 4.69) is 21.7 Å². The molecule has 8 nitrogen and oxygen atoms in total. The van der Waals surface area contributed by atoms with Crippen molar-refractivity contribution in [1.29, 1.82) is 0 Å². The van der Waals surface area contributed by atoms with Crippen molar-refractivity contribution in [3.05, 3.63) is 28.3 Å². The fourth-order valence-corrected chi connectivity index (χ4v) is 3.77. The van der Waals surface area contributed by atoms with Crippen molar-refractivity contribution in [3.8, 4) is 5.75 Å². The third kappa shape index (κ3) is 4.44. The van der Waals surface area contributed by atoms with Gasteiger partial charge in [0.2, 0.25) is 0 Å². The Morgan fingerprint density at radius 2 is 1.85 bits per heavy atom. The molecule has 26 heavy (non-hydrogen) atoms. The Balaban J connectivity index is 1.65. The summed E-state index contributed by atoms with van der Waals surface area (Å²) in [5, 5.41) is 11.1. The lowest BCUT2D eigenvalue weighted by Gasteiger charge is -2.42. The van der Waals surface area contributed by atoms with Gasteiger partial charge in [-0.15, -0.1) is 0 Å². The SMILES string of the molecule is COCOc1cc([N+](=O)[O-])ccc1N1CCC(N2CCN(C)CC2)CC1. The number of nitrogens with zero attached hydrogens (tertiary/aromatic N) is 4. The highest BCUT2D eigenvalue weighted by atomic mass is 16.7. The molecule has 0 saturated carbocycles. The van der Waals surface area contributed by atoms with Gasteiger partial charge in [-0.1, -0.05) is 0 Å². The zero-order valence-electron chi connectivity index (χ0n) is 15.6. The monoisotopic (exact) mass is 364 g/mol. The predicted molar refractivity (Wildman–Crippen MR) is 99.9 cm³/mol. The lowest BCUT2D eigenvalue weighted by atomic mass is 10.0. The average Bonchev–Trinajstić information content (AvgIpc) is 2.67. The van der Waals surface area contributed by atoms with Crippen LogP contribution in [-0.4, -0.2) is 81.0 Å². The van der Waals surface area contributed by atoms with Crippen molar-refractivity contribution in [3.63, 3.8) is 0 Å². The minimum absolute atomic E-state index is 0.0344. The minimum atomic E-state index is -0.400. The average molecular weight is 364 g/mol. The maximum Gasteiger partial charge on any atom is 0.273 e. The molecule has 0 atom stereocenters. The number of hydrogen-bond donors (Lipinski definition) is 0. The Morgan fingerprint density at radius 3 is 2.46 bits per heavy atom. The first-order valence-electron chi connectivity index (χ1n) is 9.16. The van der Waals surface area contributed by atoms with Crippen LogP contribution in [0.3, 0.4) is 0 Å². The molecule has 0 bridgehead atoms. The zero-order chi connectivity index (χ0) is 18.5. The van der Waals surface area contributed by atoms with Gasteiger partial charge < -0.3 is 19.3 Å². The second kappa shape index (κ2) is 8.66. The summed E-state index contributed by atoms with van der Waals surface area (Å²) < 4.78 is 10.6. The number of methoxy groups -OCH3 is 1. The van der Waals surface area contributed by atoms with Crippen LogP contribution < -0.4 is 9.64 Å². The smallest absolute Gasteiger partial charge is 0.273 e. The lowest BCUT2D eigenvalue weighted by Crippen LogP contribution is -2.52. The largest absolute Gasteiger partial charge is 0.465 e. The highest BCUT2D eigenvalue weighted by Gasteiger charge is 2.28. The van der Waals surface area contributed by atoms with Gasteiger partial charge >= 0.3 is 0 Å². The summed E-state index contributed by atoms with van der Waals surface area (Å²) in [5.41, 5.74) is 0.941. The van der Waals surface area contributed by atoms with Crippen LogP contribution in [0.2, 0.25) is 0 Å². The third-order valence-electron chi connectivity index (χ3n) is 5.35. The van der Waals surface area contributed by atoms with Crippen molar-refractivity contribution in [2.45, 2.75) is 18.9 Å². The van der Waals surface area contributed by atoms with E-state index in [9.17, 15) is 10.1 Å². The van der Waals surface area contributed by atoms with Crippen LogP contribution in [0.4, 0.5) is 11.4 Å². The van der Waals surface area contributed by atoms with E-state index in [4.69, 9.17) is 9.47 Å². The van der Waals surface area contributed by atoms with Crippen LogP contribution in [0.15, 0.2) is 18.2 Å². The van der Waals surface area contributed by atoms with Crippen molar-refractivity contribution in [2.24, 2.45) is 0 Å². The van der Waals surface area contributed by atoms with E-state index in [-0.39, 0.29) is 12.5 Å². The first-order chi connectivity index (χ1) is 12.6. The molecule has 144 valence electrons. The molecule has 1 aromatic rings. The Labute approximate surface area is 154 Å². The Hall–Kier alpha value is -1.90. The van der Waals surface area contributed by atoms with Gasteiger partial charge in [-0.3, -0.25) is 15.0 Å². The maximum absolute atomic E-state index is 11.1. The Bertz CT molecular complexity index is 611. The fraction of sp³-hybridized carbons (Fsp3) is 0.667. The standard InChI is InChI=1S/C18H28N4O4/c1-19-9-11-20(12-10-19)15-5-7-21(8-6-15)17-4-3-16(22(23)24)13-18(17)26-14-25-2/h3-4,13,15H,5-12,14H2,1-2H3. The molecule has 0 aromatic heterocycles. The van der Waals surface area contributed by atoms with E-state index in [1.54, 1.807) is 19.2 Å². The number of benzene rings is 1. The van der Waals surface area contributed by atoms with Crippen LogP contribution in [-0.2, 0) is 4.74 Å². The zero-order valence-corrected chi connectivity index (χ0v) is 15.6. The molecule has 2 aliphatic rings. The highest BCUT2D eigenvalue weighted by Crippen LogP contribution is 2.34. The molecule has 0 radical (unpaired) electrons. The molecule has 2 heterocycles. The van der Waals surface area contributed by atoms with Crippen LogP contribution in [0.25, 0.3) is 0 Å². The van der Waals surface area contributed by atoms with E-state index in [0.717, 1.165) is 57.8 Å². The second-order valence-corrected chi connectivity index (χ2v) is 7.02. The quantitative estimate of drug-likeness (QED) is 0.433. The van der Waals surface area contributed by atoms with Crippen molar-refractivity contribution in [1.82, 2.24) is 9.80 Å². The minimum Gasteiger partial charge on any atom is -0.465 e. The van der Waals surface area contributed by atoms with Gasteiger partial charge in [-0.25, -0.2) is 0 Å². The van der Waals surface area contributed by atoms with Gasteiger partial charge in [-0.05, 0) is 26.0 Å². The summed E-state index contributed by atoms with van der Waals surface area (Å²) in [6, 6.07) is 5.45. The van der Waals surface area contributed by atoms with E-state index in [0.29, 0.717) is 11.8 Å². The molecular formula is C18H28N4O4. The van der Waals surface area contributed by atoms with Gasteiger partial charge in [0.15, 0.2) is 12.5 Å². The van der Waals surface area contributed by atoms with Gasteiger partial charge in [0.05, 0.1) is 16.7 Å². The Kier molecular flexibility index (Phi) is 6.29. The fourth-order valence-electron chi connectivity index (χ4n) is 3.77. The normalized spacial score (nSPS) is 20.3. The van der Waals surface area contributed by atoms with Crippen LogP contribution >= 0.6 is 0 Å². The van der Waals surface area contributed by atoms with Gasteiger partial charge in [0.1, 0.15) is 0 Å². The number of nitro benzene ring substituents is 1. The van der Waals surface area contributed by atoms with E-state index >= 15 is 0 Å². The number of piperazine rings is 1. The molecule has 2 fully saturated rings. The molecule has 3 rings (SSSR count). The summed E-state index contributed by atoms with van der Waals surface area (Å²) in [6.07, 6.45) is 2.20.